The Labute approximate surface area is 197 Å². The van der Waals surface area contributed by atoms with Gasteiger partial charge >= 0.3 is 11.9 Å². The lowest BCUT2D eigenvalue weighted by Crippen LogP contribution is -2.78. The molecule has 1 aromatic rings. The quantitative estimate of drug-likeness (QED) is 0.117. The zero-order valence-corrected chi connectivity index (χ0v) is 19.0. The summed E-state index contributed by atoms with van der Waals surface area (Å²) in [5.41, 5.74) is 3.06. The Morgan fingerprint density at radius 1 is 1.41 bits per heavy atom. The predicted octanol–water partition coefficient (Wildman–Crippen LogP) is -2.35. The van der Waals surface area contributed by atoms with Crippen LogP contribution in [0.2, 0.25) is 0 Å². The van der Waals surface area contributed by atoms with Crippen molar-refractivity contribution in [1.29, 1.82) is 0 Å². The summed E-state index contributed by atoms with van der Waals surface area (Å²) in [6.07, 6.45) is -1.91. The second-order valence-electron chi connectivity index (χ2n) is 7.86. The fourth-order valence-electron chi connectivity index (χ4n) is 4.22. The monoisotopic (exact) mass is 516 g/mol. The number of hydrogen-bond donors (Lipinski definition) is 4. The van der Waals surface area contributed by atoms with Crippen molar-refractivity contribution in [3.8, 4) is 0 Å². The molecular weight excluding hydrogens is 496 g/mol. The van der Waals surface area contributed by atoms with Gasteiger partial charge < -0.3 is 30.6 Å². The predicted molar refractivity (Wildman–Crippen MR) is 113 cm³/mol. The molecule has 1 amide bonds. The molecule has 3 aliphatic heterocycles. The highest BCUT2D eigenvalue weighted by Gasteiger charge is 2.72. The number of thiazole rings is 1. The van der Waals surface area contributed by atoms with Crippen molar-refractivity contribution in [2.75, 3.05) is 24.7 Å². The van der Waals surface area contributed by atoms with Gasteiger partial charge in [-0.2, -0.15) is 0 Å². The highest BCUT2D eigenvalue weighted by Crippen LogP contribution is 2.50. The maximum atomic E-state index is 13.1. The summed E-state index contributed by atoms with van der Waals surface area (Å²) in [7, 11) is -1.74. The van der Waals surface area contributed by atoms with Crippen molar-refractivity contribution in [2.45, 2.75) is 30.0 Å². The number of fused-ring (bicyclic) bond motifs is 3. The van der Waals surface area contributed by atoms with E-state index in [1.807, 2.05) is 0 Å². The van der Waals surface area contributed by atoms with Crippen LogP contribution in [-0.4, -0.2) is 94.9 Å². The Morgan fingerprint density at radius 2 is 2.12 bits per heavy atom. The van der Waals surface area contributed by atoms with Gasteiger partial charge in [0.05, 0.1) is 31.5 Å². The number of ketones is 1. The highest BCUT2D eigenvalue weighted by atomic mass is 32.2. The molecule has 3 fully saturated rings. The number of nitrogens with two attached hydrogens (primary N) is 1. The first-order valence-electron chi connectivity index (χ1n) is 9.99. The first kappa shape index (κ1) is 24.2. The van der Waals surface area contributed by atoms with Gasteiger partial charge in [-0.05, 0) is 0 Å². The third-order valence-corrected chi connectivity index (χ3v) is 8.31. The number of aliphatic carboxylic acids is 1. The average Bonchev–Trinajstić information content (AvgIpc) is 3.36. The van der Waals surface area contributed by atoms with E-state index >= 15 is 0 Å². The molecule has 3 aliphatic rings. The number of carboxylic acid groups (broad SMARTS) is 1. The molecule has 4 heterocycles. The molecule has 0 bridgehead atoms. The van der Waals surface area contributed by atoms with E-state index in [1.54, 1.807) is 0 Å². The number of ether oxygens (including phenoxy) is 1. The van der Waals surface area contributed by atoms with Crippen LogP contribution in [0.5, 0.6) is 0 Å². The summed E-state index contributed by atoms with van der Waals surface area (Å²) in [6, 6.07) is 0. The third kappa shape index (κ3) is 3.75. The van der Waals surface area contributed by atoms with Crippen LogP contribution >= 0.6 is 11.3 Å². The molecule has 1 aromatic heterocycles. The molecule has 14 nitrogen and oxygen atoms in total. The van der Waals surface area contributed by atoms with Gasteiger partial charge in [-0.15, -0.1) is 11.3 Å². The van der Waals surface area contributed by atoms with Gasteiger partial charge in [0.1, 0.15) is 11.1 Å². The second-order valence-corrected chi connectivity index (χ2v) is 10.3. The molecule has 0 saturated carbocycles. The highest BCUT2D eigenvalue weighted by molar-refractivity contribution is 7.85. The van der Waals surface area contributed by atoms with Crippen LogP contribution in [0.25, 0.3) is 0 Å². The number of oxime groups is 1. The van der Waals surface area contributed by atoms with Crippen molar-refractivity contribution < 1.29 is 48.3 Å². The molecule has 3 saturated heterocycles. The molecule has 0 radical (unpaired) electrons. The van der Waals surface area contributed by atoms with Crippen molar-refractivity contribution in [3.05, 3.63) is 11.1 Å². The minimum Gasteiger partial charge on any atom is -0.477 e. The first-order chi connectivity index (χ1) is 16.1. The third-order valence-electron chi connectivity index (χ3n) is 5.82. The molecular formula is C18H20N4O10S2. The van der Waals surface area contributed by atoms with Gasteiger partial charge in [0.25, 0.3) is 5.72 Å². The normalized spacial score (nSPS) is 30.4. The number of β-lactam (4-membered cyclic amide) rings is 1. The molecule has 0 aromatic carbocycles. The maximum Gasteiger partial charge on any atom is 0.370 e. The van der Waals surface area contributed by atoms with E-state index in [9.17, 15) is 28.5 Å². The zero-order chi connectivity index (χ0) is 24.8. The van der Waals surface area contributed by atoms with Crippen LogP contribution in [0.4, 0.5) is 5.13 Å². The van der Waals surface area contributed by atoms with Crippen LogP contribution in [0.3, 0.4) is 0 Å². The number of carbonyl (C=O) groups is 4. The summed E-state index contributed by atoms with van der Waals surface area (Å²) in [4.78, 5) is 59.7. The Bertz CT molecular complexity index is 1100. The number of nitrogens with zero attached hydrogens (tertiary/aromatic N) is 3. The Morgan fingerprint density at radius 3 is 2.71 bits per heavy atom. The molecule has 184 valence electrons. The molecule has 4 rings (SSSR count). The Kier molecular flexibility index (Phi) is 6.41. The first-order valence-corrected chi connectivity index (χ1v) is 12.3. The zero-order valence-electron chi connectivity index (χ0n) is 17.4. The largest absolute Gasteiger partial charge is 0.477 e. The standard InChI is InChI=1S/C18H20N4O10S2/c19-17-20-10(5-33-17)13(21-32-8(3-23)4-24)11(25)2-9-14(27)22-15(9)34(30)6-7-1-12(26)31-18(7,22)16(28)29/h5,7-9,15,23-24H,1-4,6H2,(H2,19,20)(H,28,29)/b21-13-/t7-,9+,15+,18+,34-/m0/s1. The van der Waals surface area contributed by atoms with Crippen molar-refractivity contribution in [1.82, 2.24) is 9.88 Å². The molecule has 0 unspecified atom stereocenters. The van der Waals surface area contributed by atoms with Crippen LogP contribution in [0.15, 0.2) is 10.5 Å². The summed E-state index contributed by atoms with van der Waals surface area (Å²) < 4.78 is 17.9. The summed E-state index contributed by atoms with van der Waals surface area (Å²) in [5, 5.41) is 32.2. The Hall–Kier alpha value is -2.95. The SMILES string of the molecule is Nc1nc(/C(=N/OC(CO)CO)C(=O)C[C@@H]2C(=O)N3[C@@H]2[S@@](=O)C[C@@H]2CC(=O)O[C@@]23C(=O)O)cs1. The minimum atomic E-state index is -2.24. The molecule has 0 aliphatic carbocycles. The average molecular weight is 517 g/mol. The lowest BCUT2D eigenvalue weighted by atomic mass is 9.84. The van der Waals surface area contributed by atoms with E-state index < -0.39 is 83.1 Å². The smallest absolute Gasteiger partial charge is 0.370 e. The summed E-state index contributed by atoms with van der Waals surface area (Å²) in [6.45, 7) is -1.18. The fourth-order valence-corrected chi connectivity index (χ4v) is 6.78. The van der Waals surface area contributed by atoms with Gasteiger partial charge in [0.2, 0.25) is 5.91 Å². The number of carbonyl (C=O) groups excluding carboxylic acids is 3. The number of rotatable bonds is 9. The number of Topliss-reactive ketones (excluding diaryl/α,β-unsaturated/α-hetero) is 1. The number of carboxylic acids is 1. The van der Waals surface area contributed by atoms with E-state index in [-0.39, 0.29) is 28.7 Å². The van der Waals surface area contributed by atoms with Crippen molar-refractivity contribution >= 4 is 56.6 Å². The number of amides is 1. The van der Waals surface area contributed by atoms with Gasteiger partial charge in [-0.1, -0.05) is 5.16 Å². The number of aliphatic hydroxyl groups is 2. The summed E-state index contributed by atoms with van der Waals surface area (Å²) >= 11 is 1.01. The van der Waals surface area contributed by atoms with E-state index in [4.69, 9.17) is 25.5 Å². The van der Waals surface area contributed by atoms with Gasteiger partial charge in [-0.3, -0.25) is 23.5 Å². The molecule has 0 spiro atoms. The fraction of sp³-hybridized carbons (Fsp3) is 0.556. The van der Waals surface area contributed by atoms with Crippen molar-refractivity contribution in [3.63, 3.8) is 0 Å². The minimum absolute atomic E-state index is 0.0299. The van der Waals surface area contributed by atoms with E-state index in [0.29, 0.717) is 0 Å². The van der Waals surface area contributed by atoms with E-state index in [1.165, 1.54) is 5.38 Å². The second kappa shape index (κ2) is 9.01. The number of hydrogen-bond acceptors (Lipinski definition) is 13. The lowest BCUT2D eigenvalue weighted by Gasteiger charge is -2.56. The Balaban J connectivity index is 1.59. The molecule has 16 heteroatoms. The number of nitrogen functional groups attached to an aromatic ring is 1. The topological polar surface area (TPSA) is 219 Å². The number of aromatic nitrogens is 1. The number of anilines is 1. The van der Waals surface area contributed by atoms with Crippen molar-refractivity contribution in [2.24, 2.45) is 17.0 Å². The molecule has 34 heavy (non-hydrogen) atoms. The van der Waals surface area contributed by atoms with Gasteiger partial charge in [0, 0.05) is 28.4 Å². The molecule has 5 N–H and O–H groups in total. The number of esters is 1. The van der Waals surface area contributed by atoms with Crippen LogP contribution in [0.1, 0.15) is 18.5 Å². The number of aliphatic hydroxyl groups excluding tert-OH is 2. The maximum absolute atomic E-state index is 13.1. The van der Waals surface area contributed by atoms with E-state index in [0.717, 1.165) is 16.2 Å². The van der Waals surface area contributed by atoms with Crippen LogP contribution < -0.4 is 5.73 Å². The lowest BCUT2D eigenvalue weighted by molar-refractivity contribution is -0.220. The van der Waals surface area contributed by atoms with Crippen LogP contribution in [-0.2, 0) is 39.6 Å². The van der Waals surface area contributed by atoms with Gasteiger partial charge in [0.15, 0.2) is 22.7 Å². The molecule has 5 atom stereocenters. The van der Waals surface area contributed by atoms with E-state index in [2.05, 4.69) is 10.1 Å². The van der Waals surface area contributed by atoms with Gasteiger partial charge in [-0.25, -0.2) is 9.78 Å². The van der Waals surface area contributed by atoms with Crippen LogP contribution in [0, 0.1) is 11.8 Å². The summed E-state index contributed by atoms with van der Waals surface area (Å²) in [5.74, 6) is -6.20.